The van der Waals surface area contributed by atoms with Crippen molar-refractivity contribution in [2.24, 2.45) is 5.73 Å². The molecule has 0 heterocycles. The van der Waals surface area contributed by atoms with Crippen LogP contribution in [0, 0.1) is 0 Å². The lowest BCUT2D eigenvalue weighted by atomic mass is 10.8. The second kappa shape index (κ2) is 5.05. The van der Waals surface area contributed by atoms with Crippen LogP contribution in [-0.4, -0.2) is 11.5 Å². The van der Waals surface area contributed by atoms with Crippen LogP contribution in [0.15, 0.2) is 0 Å². The topological polar surface area (TPSA) is 52.3 Å². The Morgan fingerprint density at radius 3 is 2.25 bits per heavy atom. The van der Waals surface area contributed by atoms with Gasteiger partial charge in [0.2, 0.25) is 0 Å². The van der Waals surface area contributed by atoms with Gasteiger partial charge in [-0.05, 0) is 6.92 Å². The number of amides is 1. The molecule has 0 aliphatic rings. The van der Waals surface area contributed by atoms with Gasteiger partial charge in [-0.1, -0.05) is 0 Å². The van der Waals surface area contributed by atoms with E-state index in [0.717, 1.165) is 0 Å². The van der Waals surface area contributed by atoms with Gasteiger partial charge in [0.15, 0.2) is 0 Å². The summed E-state index contributed by atoms with van der Waals surface area (Å²) in [4.78, 5) is 9.76. The predicted molar refractivity (Wildman–Crippen MR) is 36.4 cm³/mol. The van der Waals surface area contributed by atoms with Crippen LogP contribution in [-0.2, 0) is 4.74 Å². The minimum absolute atomic E-state index is 0. The van der Waals surface area contributed by atoms with Crippen LogP contribution in [0.4, 0.5) is 4.79 Å². The second-order valence-corrected chi connectivity index (χ2v) is 1.76. The number of halogens is 1. The molecule has 50 valence electrons. The molecule has 0 spiro atoms. The number of thiol groups is 1. The summed E-state index contributed by atoms with van der Waals surface area (Å²) in [5, 5.41) is 0. The van der Waals surface area contributed by atoms with Crippen LogP contribution in [0.5, 0.6) is 0 Å². The maximum Gasteiger partial charge on any atom is 0.405 e. The minimum Gasteiger partial charge on any atom is -0.436 e. The monoisotopic (exact) mass is 157 g/mol. The largest absolute Gasteiger partial charge is 0.436 e. The number of ether oxygens (including phenoxy) is 1. The van der Waals surface area contributed by atoms with Crippen molar-refractivity contribution in [1.82, 2.24) is 0 Å². The third-order valence-electron chi connectivity index (χ3n) is 0.287. The summed E-state index contributed by atoms with van der Waals surface area (Å²) in [5.41, 5.74) is 4.18. The Bertz CT molecular complexity index is 77.7. The van der Waals surface area contributed by atoms with Crippen molar-refractivity contribution in [3.05, 3.63) is 0 Å². The average Bonchev–Trinajstić information content (AvgIpc) is 1.27. The number of rotatable bonds is 1. The van der Waals surface area contributed by atoms with Crippen molar-refractivity contribution in [3.63, 3.8) is 0 Å². The van der Waals surface area contributed by atoms with E-state index < -0.39 is 11.5 Å². The summed E-state index contributed by atoms with van der Waals surface area (Å²) >= 11 is 3.71. The van der Waals surface area contributed by atoms with Crippen LogP contribution >= 0.6 is 25.0 Å². The maximum atomic E-state index is 9.76. The molecule has 0 aromatic carbocycles. The van der Waals surface area contributed by atoms with Gasteiger partial charge >= 0.3 is 6.09 Å². The lowest BCUT2D eigenvalue weighted by Gasteiger charge is -2.00. The first-order chi connectivity index (χ1) is 3.13. The van der Waals surface area contributed by atoms with Gasteiger partial charge in [0.05, 0.1) is 0 Å². The zero-order valence-electron chi connectivity index (χ0n) is 4.33. The smallest absolute Gasteiger partial charge is 0.405 e. The summed E-state index contributed by atoms with van der Waals surface area (Å²) in [6.45, 7) is 1.61. The van der Waals surface area contributed by atoms with E-state index in [1.807, 2.05) is 0 Å². The van der Waals surface area contributed by atoms with Crippen LogP contribution in [0.3, 0.4) is 0 Å². The van der Waals surface area contributed by atoms with E-state index in [1.165, 1.54) is 0 Å². The number of primary amides is 1. The standard InChI is InChI=1S/C3H7NO2S.ClH/c1-2(7)6-3(4)5;/h2,7H,1H3,(H2,4,5);1H. The quantitative estimate of drug-likeness (QED) is 0.437. The highest BCUT2D eigenvalue weighted by atomic mass is 35.5. The highest BCUT2D eigenvalue weighted by molar-refractivity contribution is 7.80. The molecule has 0 aromatic rings. The Kier molecular flexibility index (Phi) is 6.83. The van der Waals surface area contributed by atoms with E-state index in [9.17, 15) is 4.79 Å². The third kappa shape index (κ3) is 9.32. The van der Waals surface area contributed by atoms with E-state index in [-0.39, 0.29) is 12.4 Å². The summed E-state index contributed by atoms with van der Waals surface area (Å²) in [5.74, 6) is 0. The summed E-state index contributed by atoms with van der Waals surface area (Å²) in [6, 6.07) is 0. The molecule has 0 aliphatic carbocycles. The van der Waals surface area contributed by atoms with Crippen molar-refractivity contribution in [1.29, 1.82) is 0 Å². The van der Waals surface area contributed by atoms with Gasteiger partial charge < -0.3 is 10.5 Å². The SMILES string of the molecule is CC(S)OC(N)=O.Cl. The van der Waals surface area contributed by atoms with Crippen LogP contribution in [0.1, 0.15) is 6.92 Å². The molecule has 0 aliphatic heterocycles. The van der Waals surface area contributed by atoms with E-state index in [0.29, 0.717) is 0 Å². The number of nitrogens with two attached hydrogens (primary N) is 1. The second-order valence-electron chi connectivity index (χ2n) is 1.04. The molecule has 2 N–H and O–H groups in total. The van der Waals surface area contributed by atoms with Crippen molar-refractivity contribution in [3.8, 4) is 0 Å². The Hall–Kier alpha value is -0.0900. The van der Waals surface area contributed by atoms with E-state index in [2.05, 4.69) is 23.1 Å². The molecule has 0 radical (unpaired) electrons. The Labute approximate surface area is 59.4 Å². The van der Waals surface area contributed by atoms with Crippen LogP contribution < -0.4 is 5.73 Å². The first kappa shape index (κ1) is 10.8. The molecule has 5 heteroatoms. The lowest BCUT2D eigenvalue weighted by Crippen LogP contribution is -2.16. The third-order valence-corrected chi connectivity index (χ3v) is 0.392. The van der Waals surface area contributed by atoms with Gasteiger partial charge in [0.25, 0.3) is 0 Å². The zero-order valence-corrected chi connectivity index (χ0v) is 6.04. The molecule has 0 saturated heterocycles. The van der Waals surface area contributed by atoms with E-state index in [4.69, 9.17) is 0 Å². The van der Waals surface area contributed by atoms with Gasteiger partial charge in [-0.25, -0.2) is 4.79 Å². The van der Waals surface area contributed by atoms with Gasteiger partial charge in [-0.15, -0.1) is 25.0 Å². The highest BCUT2D eigenvalue weighted by Gasteiger charge is 1.95. The number of hydrogen-bond acceptors (Lipinski definition) is 3. The maximum absolute atomic E-state index is 9.76. The van der Waals surface area contributed by atoms with Gasteiger partial charge in [-0.3, -0.25) is 0 Å². The summed E-state index contributed by atoms with van der Waals surface area (Å²) in [6.07, 6.45) is -0.789. The van der Waals surface area contributed by atoms with Gasteiger partial charge in [-0.2, -0.15) is 0 Å². The molecular weight excluding hydrogens is 150 g/mol. The van der Waals surface area contributed by atoms with Crippen LogP contribution in [0.2, 0.25) is 0 Å². The van der Waals surface area contributed by atoms with Crippen molar-refractivity contribution >= 4 is 31.1 Å². The fraction of sp³-hybridized carbons (Fsp3) is 0.667. The normalized spacial score (nSPS) is 11.2. The fourth-order valence-corrected chi connectivity index (χ4v) is 0.272. The molecule has 0 rings (SSSR count). The molecule has 1 atom stereocenters. The molecular formula is C3H8ClNO2S. The highest BCUT2D eigenvalue weighted by Crippen LogP contribution is 1.92. The molecule has 1 amide bonds. The van der Waals surface area contributed by atoms with Gasteiger partial charge in [0.1, 0.15) is 5.44 Å². The minimum atomic E-state index is -0.789. The zero-order chi connectivity index (χ0) is 5.86. The number of hydrogen-bond donors (Lipinski definition) is 2. The van der Waals surface area contributed by atoms with E-state index in [1.54, 1.807) is 6.92 Å². The molecule has 1 unspecified atom stereocenters. The van der Waals surface area contributed by atoms with Crippen molar-refractivity contribution < 1.29 is 9.53 Å². The lowest BCUT2D eigenvalue weighted by molar-refractivity contribution is 0.152. The van der Waals surface area contributed by atoms with Gasteiger partial charge in [0, 0.05) is 0 Å². The first-order valence-corrected chi connectivity index (χ1v) is 2.28. The Morgan fingerprint density at radius 2 is 2.25 bits per heavy atom. The van der Waals surface area contributed by atoms with E-state index >= 15 is 0 Å². The summed E-state index contributed by atoms with van der Waals surface area (Å²) in [7, 11) is 0. The Balaban J connectivity index is 0. The number of carbonyl (C=O) groups excluding carboxylic acids is 1. The van der Waals surface area contributed by atoms with Crippen LogP contribution in [0.25, 0.3) is 0 Å². The van der Waals surface area contributed by atoms with Crippen molar-refractivity contribution in [2.45, 2.75) is 12.4 Å². The average molecular weight is 158 g/mol. The number of carbonyl (C=O) groups is 1. The molecule has 0 saturated carbocycles. The molecule has 3 nitrogen and oxygen atoms in total. The molecule has 0 bridgehead atoms. The fourth-order valence-electron chi connectivity index (χ4n) is 0.168. The van der Waals surface area contributed by atoms with Crippen molar-refractivity contribution in [2.75, 3.05) is 0 Å². The molecule has 0 aromatic heterocycles. The summed E-state index contributed by atoms with van der Waals surface area (Å²) < 4.78 is 4.25. The first-order valence-electron chi connectivity index (χ1n) is 1.77. The molecule has 0 fully saturated rings. The molecule has 8 heavy (non-hydrogen) atoms. The predicted octanol–water partition coefficient (Wildman–Crippen LogP) is 0.779. The Morgan fingerprint density at radius 1 is 1.88 bits per heavy atom.